The SMILES string of the molecule is CN=C(NCCc1cccc(C(=O)NC)c1)NCc1ccc(COCc2ccccc2)cc1.I. The summed E-state index contributed by atoms with van der Waals surface area (Å²) in [6.45, 7) is 2.60. The summed E-state index contributed by atoms with van der Waals surface area (Å²) >= 11 is 0. The van der Waals surface area contributed by atoms with E-state index in [0.717, 1.165) is 23.5 Å². The van der Waals surface area contributed by atoms with Crippen molar-refractivity contribution in [3.63, 3.8) is 0 Å². The maximum absolute atomic E-state index is 11.8. The van der Waals surface area contributed by atoms with Gasteiger partial charge in [0.2, 0.25) is 0 Å². The minimum absolute atomic E-state index is 0. The van der Waals surface area contributed by atoms with Gasteiger partial charge < -0.3 is 20.7 Å². The highest BCUT2D eigenvalue weighted by Crippen LogP contribution is 2.09. The predicted octanol–water partition coefficient (Wildman–Crippen LogP) is 4.29. The molecule has 7 heteroatoms. The lowest BCUT2D eigenvalue weighted by Crippen LogP contribution is -2.37. The fraction of sp³-hybridized carbons (Fsp3) is 0.259. The lowest BCUT2D eigenvalue weighted by atomic mass is 10.1. The molecule has 180 valence electrons. The Morgan fingerprint density at radius 3 is 2.15 bits per heavy atom. The summed E-state index contributed by atoms with van der Waals surface area (Å²) in [7, 11) is 3.40. The number of rotatable bonds is 10. The van der Waals surface area contributed by atoms with Crippen molar-refractivity contribution in [1.29, 1.82) is 0 Å². The van der Waals surface area contributed by atoms with Crippen molar-refractivity contribution in [2.45, 2.75) is 26.2 Å². The Morgan fingerprint density at radius 1 is 0.824 bits per heavy atom. The van der Waals surface area contributed by atoms with Crippen molar-refractivity contribution in [2.24, 2.45) is 4.99 Å². The normalized spacial score (nSPS) is 10.8. The summed E-state index contributed by atoms with van der Waals surface area (Å²) in [5.74, 6) is 0.670. The van der Waals surface area contributed by atoms with Crippen molar-refractivity contribution in [1.82, 2.24) is 16.0 Å². The van der Waals surface area contributed by atoms with Gasteiger partial charge in [0.05, 0.1) is 13.2 Å². The third-order valence-corrected chi connectivity index (χ3v) is 5.21. The number of aliphatic imine (C=N–C) groups is 1. The van der Waals surface area contributed by atoms with E-state index in [9.17, 15) is 4.79 Å². The molecule has 0 saturated heterocycles. The Bertz CT molecular complexity index is 1040. The fourth-order valence-electron chi connectivity index (χ4n) is 3.36. The van der Waals surface area contributed by atoms with Gasteiger partial charge in [-0.2, -0.15) is 0 Å². The van der Waals surface area contributed by atoms with Crippen molar-refractivity contribution in [3.05, 3.63) is 107 Å². The van der Waals surface area contributed by atoms with Gasteiger partial charge >= 0.3 is 0 Å². The molecule has 0 atom stereocenters. The molecule has 3 aromatic carbocycles. The molecule has 0 fully saturated rings. The molecule has 3 aromatic rings. The van der Waals surface area contributed by atoms with Crippen LogP contribution in [0.5, 0.6) is 0 Å². The minimum Gasteiger partial charge on any atom is -0.372 e. The molecule has 6 nitrogen and oxygen atoms in total. The summed E-state index contributed by atoms with van der Waals surface area (Å²) in [6.07, 6.45) is 0.795. The van der Waals surface area contributed by atoms with Crippen molar-refractivity contribution < 1.29 is 9.53 Å². The van der Waals surface area contributed by atoms with Crippen LogP contribution in [0.3, 0.4) is 0 Å². The van der Waals surface area contributed by atoms with Crippen LogP contribution in [-0.2, 0) is 30.9 Å². The van der Waals surface area contributed by atoms with Gasteiger partial charge in [-0.1, -0.05) is 66.7 Å². The molecule has 3 rings (SSSR count). The number of hydrogen-bond donors (Lipinski definition) is 3. The highest BCUT2D eigenvalue weighted by atomic mass is 127. The van der Waals surface area contributed by atoms with Gasteiger partial charge in [0.15, 0.2) is 5.96 Å². The predicted molar refractivity (Wildman–Crippen MR) is 149 cm³/mol. The largest absolute Gasteiger partial charge is 0.372 e. The molecule has 0 saturated carbocycles. The van der Waals surface area contributed by atoms with Crippen molar-refractivity contribution in [2.75, 3.05) is 20.6 Å². The lowest BCUT2D eigenvalue weighted by Gasteiger charge is -2.13. The summed E-state index contributed by atoms with van der Waals surface area (Å²) in [6, 6.07) is 26.2. The summed E-state index contributed by atoms with van der Waals surface area (Å²) in [5, 5.41) is 9.32. The van der Waals surface area contributed by atoms with Crippen LogP contribution in [0.1, 0.15) is 32.6 Å². The average Bonchev–Trinajstić information content (AvgIpc) is 2.87. The molecular formula is C27H33IN4O2. The molecule has 0 heterocycles. The monoisotopic (exact) mass is 572 g/mol. The van der Waals surface area contributed by atoms with Gasteiger partial charge in [-0.05, 0) is 40.8 Å². The van der Waals surface area contributed by atoms with Crippen LogP contribution in [0.25, 0.3) is 0 Å². The Morgan fingerprint density at radius 2 is 1.47 bits per heavy atom. The zero-order chi connectivity index (χ0) is 23.3. The van der Waals surface area contributed by atoms with Gasteiger partial charge in [0, 0.05) is 32.7 Å². The number of halogens is 1. The molecule has 0 aliphatic carbocycles. The molecular weight excluding hydrogens is 539 g/mol. The molecule has 0 radical (unpaired) electrons. The number of nitrogens with zero attached hydrogens (tertiary/aromatic N) is 1. The van der Waals surface area contributed by atoms with Gasteiger partial charge in [-0.15, -0.1) is 24.0 Å². The maximum atomic E-state index is 11.8. The number of amides is 1. The molecule has 0 aliphatic rings. The van der Waals surface area contributed by atoms with Crippen molar-refractivity contribution >= 4 is 35.8 Å². The highest BCUT2D eigenvalue weighted by molar-refractivity contribution is 14.0. The topological polar surface area (TPSA) is 74.8 Å². The Labute approximate surface area is 219 Å². The number of ether oxygens (including phenoxy) is 1. The quantitative estimate of drug-likeness (QED) is 0.193. The zero-order valence-electron chi connectivity index (χ0n) is 19.7. The third-order valence-electron chi connectivity index (χ3n) is 5.21. The van der Waals surface area contributed by atoms with E-state index in [-0.39, 0.29) is 29.9 Å². The van der Waals surface area contributed by atoms with Crippen LogP contribution in [0.2, 0.25) is 0 Å². The first-order chi connectivity index (χ1) is 16.2. The average molecular weight is 572 g/mol. The second-order valence-electron chi connectivity index (χ2n) is 7.68. The molecule has 0 spiro atoms. The Hall–Kier alpha value is -2.91. The van der Waals surface area contributed by atoms with E-state index in [2.05, 4.69) is 57.3 Å². The number of benzene rings is 3. The highest BCUT2D eigenvalue weighted by Gasteiger charge is 2.04. The number of hydrogen-bond acceptors (Lipinski definition) is 3. The van der Waals surface area contributed by atoms with Crippen LogP contribution in [0, 0.1) is 0 Å². The van der Waals surface area contributed by atoms with E-state index in [1.54, 1.807) is 14.1 Å². The first kappa shape index (κ1) is 27.3. The molecule has 1 amide bonds. The number of nitrogens with one attached hydrogen (secondary N) is 3. The van der Waals surface area contributed by atoms with Gasteiger partial charge in [-0.3, -0.25) is 9.79 Å². The van der Waals surface area contributed by atoms with E-state index in [1.807, 2.05) is 42.5 Å². The van der Waals surface area contributed by atoms with Crippen LogP contribution in [-0.4, -0.2) is 32.5 Å². The lowest BCUT2D eigenvalue weighted by molar-refractivity contribution is 0.0963. The van der Waals surface area contributed by atoms with Crippen molar-refractivity contribution in [3.8, 4) is 0 Å². The molecule has 0 bridgehead atoms. The van der Waals surface area contributed by atoms with E-state index < -0.39 is 0 Å². The molecule has 3 N–H and O–H groups in total. The van der Waals surface area contributed by atoms with E-state index in [0.29, 0.717) is 31.9 Å². The van der Waals surface area contributed by atoms with Gasteiger partial charge in [-0.25, -0.2) is 0 Å². The zero-order valence-corrected chi connectivity index (χ0v) is 22.0. The van der Waals surface area contributed by atoms with Gasteiger partial charge in [0.25, 0.3) is 5.91 Å². The maximum Gasteiger partial charge on any atom is 0.251 e. The van der Waals surface area contributed by atoms with Crippen LogP contribution in [0.4, 0.5) is 0 Å². The number of carbonyl (C=O) groups excluding carboxylic acids is 1. The summed E-state index contributed by atoms with van der Waals surface area (Å²) in [4.78, 5) is 16.1. The third kappa shape index (κ3) is 9.15. The standard InChI is InChI=1S/C27H32N4O2.HI/c1-28-26(32)25-10-6-9-21(17-25)15-16-30-27(29-2)31-18-22-11-13-24(14-12-22)20-33-19-23-7-4-3-5-8-23;/h3-14,17H,15-16,18-20H2,1-2H3,(H,28,32)(H2,29,30,31);1H. The number of carbonyl (C=O) groups is 1. The van der Waals surface area contributed by atoms with Gasteiger partial charge in [0.1, 0.15) is 0 Å². The molecule has 34 heavy (non-hydrogen) atoms. The Kier molecular flexibility index (Phi) is 12.1. The fourth-order valence-corrected chi connectivity index (χ4v) is 3.36. The molecule has 0 aromatic heterocycles. The van der Waals surface area contributed by atoms with E-state index >= 15 is 0 Å². The van der Waals surface area contributed by atoms with E-state index in [1.165, 1.54) is 11.1 Å². The summed E-state index contributed by atoms with van der Waals surface area (Å²) in [5.41, 5.74) is 5.27. The first-order valence-corrected chi connectivity index (χ1v) is 11.1. The van der Waals surface area contributed by atoms with Crippen LogP contribution in [0.15, 0.2) is 83.9 Å². The smallest absolute Gasteiger partial charge is 0.251 e. The second kappa shape index (κ2) is 15.1. The van der Waals surface area contributed by atoms with E-state index in [4.69, 9.17) is 4.74 Å². The molecule has 0 unspecified atom stereocenters. The molecule has 0 aliphatic heterocycles. The van der Waals surface area contributed by atoms with Crippen LogP contribution >= 0.6 is 24.0 Å². The second-order valence-corrected chi connectivity index (χ2v) is 7.68. The first-order valence-electron chi connectivity index (χ1n) is 11.1. The minimum atomic E-state index is -0.0731. The number of guanidine groups is 1. The Balaban J connectivity index is 0.00000408. The summed E-state index contributed by atoms with van der Waals surface area (Å²) < 4.78 is 5.80. The van der Waals surface area contributed by atoms with Crippen LogP contribution < -0.4 is 16.0 Å².